The van der Waals surface area contributed by atoms with Gasteiger partial charge >= 0.3 is 6.09 Å². The van der Waals surface area contributed by atoms with Crippen molar-refractivity contribution in [1.29, 1.82) is 0 Å². The molecule has 0 aliphatic heterocycles. The molecular weight excluding hydrogens is 266 g/mol. The molecule has 122 valence electrons. The summed E-state index contributed by atoms with van der Waals surface area (Å²) in [5, 5.41) is 13.2. The second-order valence-electron chi connectivity index (χ2n) is 8.57. The van der Waals surface area contributed by atoms with Crippen molar-refractivity contribution in [2.24, 2.45) is 10.8 Å². The number of nitrogens with one attached hydrogen (secondary N) is 1. The fourth-order valence-corrected chi connectivity index (χ4v) is 4.33. The van der Waals surface area contributed by atoms with Gasteiger partial charge in [-0.1, -0.05) is 33.1 Å². The van der Waals surface area contributed by atoms with Gasteiger partial charge in [0.15, 0.2) is 0 Å². The van der Waals surface area contributed by atoms with Crippen LogP contribution in [0.5, 0.6) is 0 Å². The standard InChI is InChI=1S/C17H31NO3/c1-14(2,3)21-13(20)18-17(9-7-6-8-10-17)16(12-19)11-15(16,4)5/h19H,6-12H2,1-5H3,(H,18,20). The van der Waals surface area contributed by atoms with E-state index in [9.17, 15) is 9.90 Å². The van der Waals surface area contributed by atoms with Crippen LogP contribution in [0.1, 0.15) is 73.1 Å². The van der Waals surface area contributed by atoms with E-state index in [0.717, 1.165) is 32.1 Å². The van der Waals surface area contributed by atoms with Crippen LogP contribution in [0, 0.1) is 10.8 Å². The number of aliphatic hydroxyl groups is 1. The Bertz CT molecular complexity index is 405. The lowest BCUT2D eigenvalue weighted by molar-refractivity contribution is 0.0129. The topological polar surface area (TPSA) is 58.6 Å². The number of rotatable bonds is 3. The first kappa shape index (κ1) is 16.6. The molecule has 1 amide bonds. The monoisotopic (exact) mass is 297 g/mol. The fraction of sp³-hybridized carbons (Fsp3) is 0.941. The van der Waals surface area contributed by atoms with Gasteiger partial charge in [-0.15, -0.1) is 0 Å². The minimum atomic E-state index is -0.495. The normalized spacial score (nSPS) is 30.6. The maximum atomic E-state index is 12.3. The van der Waals surface area contributed by atoms with Crippen LogP contribution < -0.4 is 5.32 Å². The summed E-state index contributed by atoms with van der Waals surface area (Å²) < 4.78 is 5.47. The third-order valence-electron chi connectivity index (χ3n) is 5.55. The predicted octanol–water partition coefficient (Wildman–Crippen LogP) is 3.62. The quantitative estimate of drug-likeness (QED) is 0.836. The van der Waals surface area contributed by atoms with Crippen LogP contribution in [0.15, 0.2) is 0 Å². The molecule has 4 nitrogen and oxygen atoms in total. The largest absolute Gasteiger partial charge is 0.444 e. The van der Waals surface area contributed by atoms with Gasteiger partial charge in [-0.25, -0.2) is 4.79 Å². The number of carbonyl (C=O) groups excluding carboxylic acids is 1. The molecule has 0 aromatic rings. The van der Waals surface area contributed by atoms with Crippen LogP contribution in [0.3, 0.4) is 0 Å². The lowest BCUT2D eigenvalue weighted by Crippen LogP contribution is -2.59. The Labute approximate surface area is 128 Å². The Kier molecular flexibility index (Phi) is 4.07. The average Bonchev–Trinajstić information content (AvgIpc) is 2.92. The third-order valence-corrected chi connectivity index (χ3v) is 5.55. The molecule has 21 heavy (non-hydrogen) atoms. The van der Waals surface area contributed by atoms with Gasteiger partial charge in [0.2, 0.25) is 0 Å². The summed E-state index contributed by atoms with van der Waals surface area (Å²) in [5.41, 5.74) is -0.928. The minimum absolute atomic E-state index is 0.0775. The lowest BCUT2D eigenvalue weighted by Gasteiger charge is -2.46. The maximum absolute atomic E-state index is 12.3. The molecule has 2 N–H and O–H groups in total. The van der Waals surface area contributed by atoms with E-state index in [1.54, 1.807) is 0 Å². The SMILES string of the molecule is CC(C)(C)OC(=O)NC1(C2(CO)CC2(C)C)CCCCC1. The molecule has 0 bridgehead atoms. The number of hydrogen-bond acceptors (Lipinski definition) is 3. The van der Waals surface area contributed by atoms with Crippen molar-refractivity contribution in [3.8, 4) is 0 Å². The molecule has 0 aromatic heterocycles. The summed E-state index contributed by atoms with van der Waals surface area (Å²) in [4.78, 5) is 12.3. The first-order chi connectivity index (χ1) is 9.58. The second-order valence-corrected chi connectivity index (χ2v) is 8.57. The van der Waals surface area contributed by atoms with Gasteiger partial charge in [0.25, 0.3) is 0 Å². The minimum Gasteiger partial charge on any atom is -0.444 e. The number of carbonyl (C=O) groups is 1. The summed E-state index contributed by atoms with van der Waals surface area (Å²) in [6, 6.07) is 0. The van der Waals surface area contributed by atoms with Gasteiger partial charge < -0.3 is 15.2 Å². The van der Waals surface area contributed by atoms with E-state index in [4.69, 9.17) is 4.74 Å². The van der Waals surface area contributed by atoms with E-state index in [1.165, 1.54) is 6.42 Å². The number of ether oxygens (including phenoxy) is 1. The molecular formula is C17H31NO3. The summed E-state index contributed by atoms with van der Waals surface area (Å²) in [5.74, 6) is 0. The van der Waals surface area contributed by atoms with Crippen LogP contribution in [0.4, 0.5) is 4.79 Å². The fourth-order valence-electron chi connectivity index (χ4n) is 4.33. The molecule has 0 radical (unpaired) electrons. The molecule has 0 aromatic carbocycles. The van der Waals surface area contributed by atoms with E-state index >= 15 is 0 Å². The molecule has 2 aliphatic rings. The maximum Gasteiger partial charge on any atom is 0.408 e. The smallest absolute Gasteiger partial charge is 0.408 e. The van der Waals surface area contributed by atoms with Crippen molar-refractivity contribution in [3.63, 3.8) is 0 Å². The zero-order valence-corrected chi connectivity index (χ0v) is 14.2. The van der Waals surface area contributed by atoms with E-state index in [1.807, 2.05) is 20.8 Å². The van der Waals surface area contributed by atoms with Crippen LogP contribution >= 0.6 is 0 Å². The van der Waals surface area contributed by atoms with Crippen molar-refractivity contribution in [3.05, 3.63) is 0 Å². The van der Waals surface area contributed by atoms with Crippen molar-refractivity contribution >= 4 is 6.09 Å². The van der Waals surface area contributed by atoms with E-state index in [2.05, 4.69) is 19.2 Å². The van der Waals surface area contributed by atoms with Crippen LogP contribution in [0.25, 0.3) is 0 Å². The van der Waals surface area contributed by atoms with Crippen LogP contribution in [-0.4, -0.2) is 28.9 Å². The number of alkyl carbamates (subject to hydrolysis) is 1. The Hall–Kier alpha value is -0.770. The van der Waals surface area contributed by atoms with Gasteiger partial charge in [0.1, 0.15) is 5.60 Å². The third kappa shape index (κ3) is 2.92. The Morgan fingerprint density at radius 2 is 1.71 bits per heavy atom. The molecule has 0 spiro atoms. The molecule has 1 atom stereocenters. The van der Waals surface area contributed by atoms with Gasteiger partial charge in [-0.3, -0.25) is 0 Å². The van der Waals surface area contributed by atoms with Crippen LogP contribution in [0.2, 0.25) is 0 Å². The highest BCUT2D eigenvalue weighted by molar-refractivity contribution is 5.69. The molecule has 0 saturated heterocycles. The van der Waals surface area contributed by atoms with Gasteiger partial charge in [-0.05, 0) is 45.4 Å². The molecule has 0 heterocycles. The van der Waals surface area contributed by atoms with E-state index < -0.39 is 5.60 Å². The first-order valence-corrected chi connectivity index (χ1v) is 8.20. The molecule has 2 fully saturated rings. The molecule has 2 saturated carbocycles. The van der Waals surface area contributed by atoms with Crippen molar-refractivity contribution < 1.29 is 14.6 Å². The average molecular weight is 297 g/mol. The number of hydrogen-bond donors (Lipinski definition) is 2. The Balaban J connectivity index is 2.21. The first-order valence-electron chi connectivity index (χ1n) is 8.20. The summed E-state index contributed by atoms with van der Waals surface area (Å²) >= 11 is 0. The van der Waals surface area contributed by atoms with E-state index in [0.29, 0.717) is 0 Å². The molecule has 2 rings (SSSR count). The number of aliphatic hydroxyl groups excluding tert-OH is 1. The lowest BCUT2D eigenvalue weighted by atomic mass is 9.67. The van der Waals surface area contributed by atoms with Gasteiger partial charge in [-0.2, -0.15) is 0 Å². The summed E-state index contributed by atoms with van der Waals surface area (Å²) in [6.45, 7) is 10.2. The molecule has 1 unspecified atom stereocenters. The highest BCUT2D eigenvalue weighted by Crippen LogP contribution is 2.70. The van der Waals surface area contributed by atoms with Gasteiger partial charge in [0, 0.05) is 5.41 Å². The highest BCUT2D eigenvalue weighted by atomic mass is 16.6. The van der Waals surface area contributed by atoms with Crippen molar-refractivity contribution in [2.75, 3.05) is 6.61 Å². The van der Waals surface area contributed by atoms with Crippen molar-refractivity contribution in [1.82, 2.24) is 5.32 Å². The second kappa shape index (κ2) is 5.15. The number of amides is 1. The van der Waals surface area contributed by atoms with Crippen molar-refractivity contribution in [2.45, 2.75) is 84.3 Å². The Morgan fingerprint density at radius 1 is 1.19 bits per heavy atom. The Morgan fingerprint density at radius 3 is 2.10 bits per heavy atom. The predicted molar refractivity (Wildman–Crippen MR) is 83.1 cm³/mol. The summed E-state index contributed by atoms with van der Waals surface area (Å²) in [7, 11) is 0. The molecule has 2 aliphatic carbocycles. The highest BCUT2D eigenvalue weighted by Gasteiger charge is 2.71. The molecule has 4 heteroatoms. The summed E-state index contributed by atoms with van der Waals surface area (Å²) in [6.07, 6.45) is 5.92. The van der Waals surface area contributed by atoms with Gasteiger partial charge in [0.05, 0.1) is 12.1 Å². The van der Waals surface area contributed by atoms with Crippen LogP contribution in [-0.2, 0) is 4.74 Å². The zero-order valence-electron chi connectivity index (χ0n) is 14.2. The zero-order chi connectivity index (χ0) is 15.9. The van der Waals surface area contributed by atoms with E-state index in [-0.39, 0.29) is 29.1 Å².